The number of aromatic nitrogens is 1. The van der Waals surface area contributed by atoms with Gasteiger partial charge in [0.1, 0.15) is 0 Å². The number of benzene rings is 1. The summed E-state index contributed by atoms with van der Waals surface area (Å²) in [5.41, 5.74) is 2.75. The van der Waals surface area contributed by atoms with Crippen LogP contribution in [0.1, 0.15) is 84.6 Å². The van der Waals surface area contributed by atoms with Crippen molar-refractivity contribution in [1.29, 1.82) is 0 Å². The maximum absolute atomic E-state index is 13.7. The molecule has 2 aromatic heterocycles. The third-order valence-corrected chi connectivity index (χ3v) is 14.4. The molecule has 3 rings (SSSR count). The Hall–Kier alpha value is -3.52. The van der Waals surface area contributed by atoms with E-state index in [1.54, 1.807) is 43.5 Å². The van der Waals surface area contributed by atoms with E-state index >= 15 is 0 Å². The van der Waals surface area contributed by atoms with Gasteiger partial charge in [-0.2, -0.15) is 4.36 Å². The van der Waals surface area contributed by atoms with Crippen LogP contribution in [0.4, 0.5) is 5.69 Å². The van der Waals surface area contributed by atoms with Crippen molar-refractivity contribution in [2.45, 2.75) is 72.0 Å². The first kappa shape index (κ1) is 34.0. The third kappa shape index (κ3) is 10.0. The Balaban J connectivity index is 1.72. The highest BCUT2D eigenvalue weighted by molar-refractivity contribution is 7.93. The lowest BCUT2D eigenvalue weighted by Gasteiger charge is -2.36. The second-order valence-corrected chi connectivity index (χ2v) is 19.4. The van der Waals surface area contributed by atoms with Gasteiger partial charge in [-0.3, -0.25) is 14.6 Å². The first-order chi connectivity index (χ1) is 20.2. The molecule has 8 nitrogen and oxygen atoms in total. The number of aryl methyl sites for hydroxylation is 1. The lowest BCUT2D eigenvalue weighted by atomic mass is 10.1. The van der Waals surface area contributed by atoms with E-state index in [0.29, 0.717) is 41.3 Å². The predicted octanol–water partition coefficient (Wildman–Crippen LogP) is 7.46. The predicted molar refractivity (Wildman–Crippen MR) is 175 cm³/mol. The van der Waals surface area contributed by atoms with Crippen LogP contribution in [0.25, 0.3) is 0 Å². The van der Waals surface area contributed by atoms with Crippen molar-refractivity contribution in [1.82, 2.24) is 4.98 Å². The number of unbranched alkanes of at least 4 members (excludes halogenated alkanes) is 1. The van der Waals surface area contributed by atoms with E-state index in [4.69, 9.17) is 8.84 Å². The number of carbonyl (C=O) groups excluding carboxylic acids is 2. The average Bonchev–Trinajstić information content (AvgIpc) is 3.39. The summed E-state index contributed by atoms with van der Waals surface area (Å²) in [5, 5.41) is 2.91. The Morgan fingerprint density at radius 1 is 1.07 bits per heavy atom. The normalized spacial score (nSPS) is 13.0. The molecular formula is C33H43N3O5SSi. The van der Waals surface area contributed by atoms with Crippen LogP contribution in [-0.4, -0.2) is 47.4 Å². The number of hydrogen-bond donors (Lipinski definition) is 1. The van der Waals surface area contributed by atoms with Gasteiger partial charge in [0, 0.05) is 52.9 Å². The molecule has 2 heterocycles. The van der Waals surface area contributed by atoms with E-state index in [2.05, 4.69) is 60.4 Å². The minimum Gasteiger partial charge on any atom is -0.459 e. The number of furan rings is 1. The highest BCUT2D eigenvalue weighted by Crippen LogP contribution is 2.36. The molecule has 0 aliphatic rings. The molecule has 0 aliphatic carbocycles. The Kier molecular flexibility index (Phi) is 11.7. The lowest BCUT2D eigenvalue weighted by Crippen LogP contribution is -2.41. The summed E-state index contributed by atoms with van der Waals surface area (Å²) in [6, 6.07) is 10.5. The zero-order valence-electron chi connectivity index (χ0n) is 26.3. The number of carbonyl (C=O) groups is 2. The molecule has 3 aromatic rings. The Labute approximate surface area is 257 Å². The fourth-order valence-electron chi connectivity index (χ4n) is 3.83. The highest BCUT2D eigenvalue weighted by atomic mass is 32.2. The van der Waals surface area contributed by atoms with E-state index in [1.165, 1.54) is 12.5 Å². The molecule has 43 heavy (non-hydrogen) atoms. The van der Waals surface area contributed by atoms with Crippen molar-refractivity contribution in [2.75, 3.05) is 23.4 Å². The van der Waals surface area contributed by atoms with E-state index < -0.39 is 24.0 Å². The molecule has 0 bridgehead atoms. The fraction of sp³-hybridized carbons (Fsp3) is 0.424. The number of nitrogens with one attached hydrogen (secondary N) is 1. The quantitative estimate of drug-likeness (QED) is 0.135. The molecule has 10 heteroatoms. The molecule has 2 amide bonds. The van der Waals surface area contributed by atoms with Gasteiger partial charge in [-0.05, 0) is 68.2 Å². The zero-order valence-corrected chi connectivity index (χ0v) is 28.1. The van der Waals surface area contributed by atoms with Gasteiger partial charge in [-0.25, -0.2) is 4.21 Å². The first-order valence-corrected chi connectivity index (χ1v) is 19.3. The largest absolute Gasteiger partial charge is 0.459 e. The van der Waals surface area contributed by atoms with Crippen molar-refractivity contribution < 1.29 is 22.6 Å². The van der Waals surface area contributed by atoms with Crippen LogP contribution in [0, 0.1) is 18.8 Å². The highest BCUT2D eigenvalue weighted by Gasteiger charge is 2.36. The maximum Gasteiger partial charge on any atom is 0.291 e. The molecule has 1 aromatic carbocycles. The second-order valence-electron chi connectivity index (χ2n) is 12.1. The van der Waals surface area contributed by atoms with Gasteiger partial charge in [-0.1, -0.05) is 52.0 Å². The molecule has 1 N–H and O–H groups in total. The summed E-state index contributed by atoms with van der Waals surface area (Å²) in [7, 11) is -4.66. The van der Waals surface area contributed by atoms with Crippen LogP contribution in [0.15, 0.2) is 63.8 Å². The minimum atomic E-state index is -2.75. The van der Waals surface area contributed by atoms with Crippen molar-refractivity contribution in [3.05, 3.63) is 83.1 Å². The van der Waals surface area contributed by atoms with E-state index in [-0.39, 0.29) is 22.3 Å². The molecule has 0 spiro atoms. The smallest absolute Gasteiger partial charge is 0.291 e. The maximum atomic E-state index is 13.7. The summed E-state index contributed by atoms with van der Waals surface area (Å²) < 4.78 is 29.5. The molecule has 0 saturated carbocycles. The van der Waals surface area contributed by atoms with Gasteiger partial charge in [0.05, 0.1) is 21.6 Å². The summed E-state index contributed by atoms with van der Waals surface area (Å²) in [4.78, 5) is 29.8. The molecule has 0 fully saturated rings. The van der Waals surface area contributed by atoms with E-state index in [0.717, 1.165) is 18.4 Å². The minimum absolute atomic E-state index is 0.0934. The molecule has 230 valence electrons. The van der Waals surface area contributed by atoms with Gasteiger partial charge in [0.2, 0.25) is 0 Å². The van der Waals surface area contributed by atoms with Crippen LogP contribution in [0.5, 0.6) is 0 Å². The van der Waals surface area contributed by atoms with Crippen LogP contribution >= 0.6 is 0 Å². The zero-order chi connectivity index (χ0) is 31.7. The van der Waals surface area contributed by atoms with Gasteiger partial charge < -0.3 is 14.2 Å². The first-order valence-electron chi connectivity index (χ1n) is 14.6. The Morgan fingerprint density at radius 2 is 1.79 bits per heavy atom. The Morgan fingerprint density at radius 3 is 2.47 bits per heavy atom. The summed E-state index contributed by atoms with van der Waals surface area (Å²) in [5.74, 6) is 6.10. The fourth-order valence-corrected chi connectivity index (χ4v) is 7.02. The number of anilines is 1. The number of amides is 2. The molecule has 1 unspecified atom stereocenters. The van der Waals surface area contributed by atoms with Crippen molar-refractivity contribution in [2.24, 2.45) is 4.36 Å². The van der Waals surface area contributed by atoms with Crippen LogP contribution in [0.2, 0.25) is 18.1 Å². The van der Waals surface area contributed by atoms with Crippen molar-refractivity contribution >= 4 is 35.5 Å². The molecule has 0 aliphatic heterocycles. The van der Waals surface area contributed by atoms with Gasteiger partial charge in [0.25, 0.3) is 11.8 Å². The lowest BCUT2D eigenvalue weighted by molar-refractivity contribution is 0.0991. The summed E-state index contributed by atoms with van der Waals surface area (Å²) >= 11 is 0. The second kappa shape index (κ2) is 14.8. The number of rotatable bonds is 11. The molecule has 0 saturated heterocycles. The third-order valence-electron chi connectivity index (χ3n) is 7.47. The monoisotopic (exact) mass is 621 g/mol. The number of pyridine rings is 1. The van der Waals surface area contributed by atoms with E-state index in [1.807, 2.05) is 13.0 Å². The van der Waals surface area contributed by atoms with Crippen molar-refractivity contribution in [3.63, 3.8) is 0 Å². The molecular weight excluding hydrogens is 579 g/mol. The number of hydrogen-bond acceptors (Lipinski definition) is 6. The molecule has 1 atom stereocenters. The van der Waals surface area contributed by atoms with Crippen LogP contribution < -0.4 is 5.32 Å². The van der Waals surface area contributed by atoms with Crippen molar-refractivity contribution in [3.8, 4) is 11.8 Å². The van der Waals surface area contributed by atoms with Gasteiger partial charge in [-0.15, -0.1) is 0 Å². The standard InChI is InChI=1S/C33H43N3O5SSi/c1-8-9-19-42(39,20-11-17-41-43(6,7)33(3,4)5)36-31(37)28-21-27(23-34-24-28)15-14-26-12-10-13-29(22-26)35-32(38)30-25(2)16-18-40-30/h10,12-13,16,18,21-24H,8-9,11,17,19-20H2,1-7H3,(H,35,38). The summed E-state index contributed by atoms with van der Waals surface area (Å²) in [6.45, 7) is 15.3. The topological polar surface area (TPSA) is 111 Å². The molecule has 0 radical (unpaired) electrons. The summed E-state index contributed by atoms with van der Waals surface area (Å²) in [6.07, 6.45) is 6.62. The van der Waals surface area contributed by atoms with E-state index in [9.17, 15) is 13.8 Å². The average molecular weight is 622 g/mol. The number of nitrogens with zero attached hydrogens (tertiary/aromatic N) is 2. The van der Waals surface area contributed by atoms with Gasteiger partial charge in [0.15, 0.2) is 14.1 Å². The Bertz CT molecular complexity index is 1620. The van der Waals surface area contributed by atoms with Crippen LogP contribution in [0.3, 0.4) is 0 Å². The SMILES string of the molecule is CCCCS(=O)(CCCO[Si](C)(C)C(C)(C)C)=NC(=O)c1cncc(C#Cc2cccc(NC(=O)c3occc3C)c2)c1. The van der Waals surface area contributed by atoms with Gasteiger partial charge >= 0.3 is 0 Å². The van der Waals surface area contributed by atoms with Crippen LogP contribution in [-0.2, 0) is 14.2 Å².